The van der Waals surface area contributed by atoms with Crippen LogP contribution in [0.25, 0.3) is 0 Å². The van der Waals surface area contributed by atoms with Crippen molar-refractivity contribution < 1.29 is 61.8 Å². The molecule has 4 nitrogen and oxygen atoms in total. The van der Waals surface area contributed by atoms with Crippen LogP contribution in [0, 0.1) is 43.3 Å². The van der Waals surface area contributed by atoms with Crippen molar-refractivity contribution in [1.82, 2.24) is 0 Å². The number of hydrogen-bond acceptors (Lipinski definition) is 4. The van der Waals surface area contributed by atoms with E-state index < -0.39 is 51.0 Å². The molecule has 0 fully saturated rings. The van der Waals surface area contributed by atoms with Gasteiger partial charge in [0, 0.05) is 17.8 Å². The molecule has 0 saturated carbocycles. The monoisotopic (exact) mass is 970 g/mol. The molecule has 0 aliphatic rings. The van der Waals surface area contributed by atoms with Gasteiger partial charge in [0.15, 0.2) is 0 Å². The van der Waals surface area contributed by atoms with Crippen LogP contribution in [0.5, 0.6) is 5.75 Å². The van der Waals surface area contributed by atoms with Gasteiger partial charge in [-0.3, -0.25) is 0 Å². The first kappa shape index (κ1) is 60.5. The normalized spacial score (nSPS) is 15.8. The highest BCUT2D eigenvalue weighted by Crippen LogP contribution is 2.98. The topological polar surface area (TPSA) is 58.9 Å². The molecule has 370 valence electrons. The summed E-state index contributed by atoms with van der Waals surface area (Å²) in [6.45, 7) is 20.7. The van der Waals surface area contributed by atoms with Gasteiger partial charge in [-0.25, -0.2) is 8.57 Å². The number of rotatable bonds is 15. The van der Waals surface area contributed by atoms with Crippen LogP contribution in [-0.2, 0) is 4.18 Å². The molecule has 0 spiro atoms. The van der Waals surface area contributed by atoms with Crippen molar-refractivity contribution in [2.75, 3.05) is 19.8 Å². The van der Waals surface area contributed by atoms with E-state index in [0.29, 0.717) is 23.0 Å². The van der Waals surface area contributed by atoms with Crippen LogP contribution in [-0.4, -0.2) is 30.0 Å². The maximum Gasteiger partial charge on any atom is 0.435 e. The molecule has 4 unspecified atom stereocenters. The fraction of sp³-hybridized carbons (Fsp3) is 0.489. The Kier molecular flexibility index (Phi) is 21.1. The Labute approximate surface area is 374 Å². The van der Waals surface area contributed by atoms with E-state index in [2.05, 4.69) is 105 Å². The van der Waals surface area contributed by atoms with E-state index in [1.165, 1.54) is 46.5 Å². The van der Waals surface area contributed by atoms with Gasteiger partial charge < -0.3 is 14.4 Å². The summed E-state index contributed by atoms with van der Waals surface area (Å²) in [4.78, 5) is 0. The lowest BCUT2D eigenvalue weighted by molar-refractivity contribution is 0.136. The predicted octanol–water partition coefficient (Wildman–Crippen LogP) is 17.9. The zero-order valence-electron chi connectivity index (χ0n) is 37.7. The molecule has 0 amide bonds. The van der Waals surface area contributed by atoms with Gasteiger partial charge in [0.05, 0.1) is 19.8 Å². The Bertz CT molecular complexity index is 1960. The molecule has 0 aromatic heterocycles. The number of hydrogen-bond donors (Lipinski definition) is 2. The van der Waals surface area contributed by atoms with Gasteiger partial charge in [-0.15, -0.1) is 0 Å². The maximum atomic E-state index is 12.7. The third-order valence-corrected chi connectivity index (χ3v) is 11.3. The van der Waals surface area contributed by atoms with E-state index in [0.717, 1.165) is 30.2 Å². The van der Waals surface area contributed by atoms with E-state index in [4.69, 9.17) is 0 Å². The number of aryl methyl sites for hydroxylation is 2. The summed E-state index contributed by atoms with van der Waals surface area (Å²) in [6.07, 6.45) is 0. The molecule has 0 heterocycles. The minimum Gasteiger partial charge on any atom is -0.396 e. The fourth-order valence-electron chi connectivity index (χ4n) is 6.04. The second-order valence-electron chi connectivity index (χ2n) is 17.1. The smallest absolute Gasteiger partial charge is 0.396 e. The number of aliphatic hydroxyl groups excluding tert-OH is 2. The van der Waals surface area contributed by atoms with Gasteiger partial charge in [-0.1, -0.05) is 193 Å². The highest BCUT2D eigenvalue weighted by Gasteiger charge is 2.67. The van der Waals surface area contributed by atoms with E-state index in [1.807, 2.05) is 0 Å². The van der Waals surface area contributed by atoms with Crippen molar-refractivity contribution in [1.29, 1.82) is 0 Å². The lowest BCUT2D eigenvalue weighted by Crippen LogP contribution is -2.19. The second kappa shape index (κ2) is 22.3. The van der Waals surface area contributed by atoms with Gasteiger partial charge in [0.2, 0.25) is 0 Å². The molecule has 2 N–H and O–H groups in total. The standard InChI is InChI=1S/C12H18O.C12H18.C11H14F6OS.C11H15F5O2S.CH4/c1-9(2)12(8-13)11-6-4-10(3)5-7-11;1-9(2)11(4)12-7-5-10(3)6-8-12;1-8(2)11(7-18-19(13,14,15,16)17)9-3-5-10(12)6-4-9;1-8(2)11(7-17)9-4-3-5-10(6-9)18-19(12,13,14,15)16;/h4-7,9,12-13H,8H2,1-3H3;5-9,11H,1-4H3;3-6,8,11H,7H2,1-2H3;3-6,8,11,17H,7H2,1-2H3;1H4. The molecule has 0 aliphatic carbocycles. The molecule has 4 aromatic carbocycles. The molecule has 0 bridgehead atoms. The Morgan fingerprint density at radius 3 is 1.20 bits per heavy atom. The first-order valence-corrected chi connectivity index (χ1v) is 24.1. The fourth-order valence-corrected chi connectivity index (χ4v) is 6.91. The lowest BCUT2D eigenvalue weighted by Gasteiger charge is -2.40. The van der Waals surface area contributed by atoms with Crippen LogP contribution in [0.15, 0.2) is 97.1 Å². The number of halogens is 11. The largest absolute Gasteiger partial charge is 0.435 e. The van der Waals surface area contributed by atoms with Crippen molar-refractivity contribution in [3.05, 3.63) is 136 Å². The Balaban J connectivity index is 0.000000838. The van der Waals surface area contributed by atoms with Crippen molar-refractivity contribution in [2.45, 2.75) is 107 Å². The van der Waals surface area contributed by atoms with Gasteiger partial charge in [0.25, 0.3) is 0 Å². The average molecular weight is 971 g/mol. The minimum absolute atomic E-state index is 0. The summed E-state index contributed by atoms with van der Waals surface area (Å²) in [6, 6.07) is 26.2. The van der Waals surface area contributed by atoms with Crippen molar-refractivity contribution in [3.63, 3.8) is 0 Å². The van der Waals surface area contributed by atoms with Gasteiger partial charge in [-0.2, -0.15) is 0 Å². The Morgan fingerprint density at radius 1 is 0.469 bits per heavy atom. The predicted molar refractivity (Wildman–Crippen MR) is 245 cm³/mol. The van der Waals surface area contributed by atoms with Crippen molar-refractivity contribution in [3.8, 4) is 5.75 Å². The summed E-state index contributed by atoms with van der Waals surface area (Å²) in [7, 11) is -19.8. The van der Waals surface area contributed by atoms with E-state index in [1.54, 1.807) is 27.7 Å². The second-order valence-corrected chi connectivity index (χ2v) is 21.1. The first-order valence-electron chi connectivity index (χ1n) is 20.4. The molecule has 4 rings (SSSR count). The molecule has 17 heteroatoms. The third kappa shape index (κ3) is 25.3. The Morgan fingerprint density at radius 2 is 0.844 bits per heavy atom. The number of aliphatic hydroxyl groups is 2. The van der Waals surface area contributed by atoms with Crippen LogP contribution >= 0.6 is 21.0 Å². The first-order chi connectivity index (χ1) is 28.3. The SMILES string of the molecule is C.CC(C)C(CO)c1cccc(OS(F)(F)(F)(F)F)c1.CC(C)C(COS(F)(F)(F)(F)F)c1ccc(F)cc1.Cc1ccc(C(C)C(C)C)cc1.Cc1ccc(C(CO)C(C)C)cc1. The maximum absolute atomic E-state index is 12.7. The highest BCUT2D eigenvalue weighted by molar-refractivity contribution is 8.42. The van der Waals surface area contributed by atoms with Crippen molar-refractivity contribution in [2.24, 2.45) is 23.7 Å². The molecule has 4 atom stereocenters. The molecule has 4 aromatic rings. The quantitative estimate of drug-likeness (QED) is 0.117. The minimum atomic E-state index is -9.96. The van der Waals surface area contributed by atoms with Crippen LogP contribution in [0.2, 0.25) is 0 Å². The van der Waals surface area contributed by atoms with Gasteiger partial charge in [0.1, 0.15) is 11.6 Å². The van der Waals surface area contributed by atoms with Crippen LogP contribution in [0.1, 0.15) is 127 Å². The molecular weight excluding hydrogens is 902 g/mol. The molecule has 64 heavy (non-hydrogen) atoms. The summed E-state index contributed by atoms with van der Waals surface area (Å²) in [5, 5.41) is 18.4. The lowest BCUT2D eigenvalue weighted by atomic mass is 9.89. The zero-order chi connectivity index (χ0) is 48.9. The van der Waals surface area contributed by atoms with Gasteiger partial charge >= 0.3 is 21.0 Å². The summed E-state index contributed by atoms with van der Waals surface area (Å²) in [5.74, 6) is -1.13. The zero-order valence-corrected chi connectivity index (χ0v) is 39.3. The summed E-state index contributed by atoms with van der Waals surface area (Å²) < 4.78 is 140. The van der Waals surface area contributed by atoms with Crippen LogP contribution in [0.3, 0.4) is 0 Å². The van der Waals surface area contributed by atoms with E-state index >= 15 is 0 Å². The molecule has 0 aliphatic heterocycles. The molecular formula is C47H69F11O4S2. The summed E-state index contributed by atoms with van der Waals surface area (Å²) >= 11 is 0. The number of benzene rings is 4. The van der Waals surface area contributed by atoms with Crippen LogP contribution < -0.4 is 4.18 Å². The molecule has 0 saturated heterocycles. The van der Waals surface area contributed by atoms with Gasteiger partial charge in [-0.05, 0) is 90.0 Å². The summed E-state index contributed by atoms with van der Waals surface area (Å²) in [5.41, 5.74) is 5.94. The van der Waals surface area contributed by atoms with E-state index in [-0.39, 0.29) is 38.4 Å². The van der Waals surface area contributed by atoms with E-state index in [9.17, 15) is 53.5 Å². The average Bonchev–Trinajstić information content (AvgIpc) is 3.12. The van der Waals surface area contributed by atoms with Crippen molar-refractivity contribution >= 4 is 21.0 Å². The molecule has 0 radical (unpaired) electrons. The third-order valence-electron chi connectivity index (χ3n) is 10.2. The van der Waals surface area contributed by atoms with Crippen LogP contribution in [0.4, 0.5) is 43.2 Å². The highest BCUT2D eigenvalue weighted by atomic mass is 32.5. The Hall–Kier alpha value is -3.51.